The number of nitrogens with zero attached hydrogens (tertiary/aromatic N) is 3. The third-order valence-corrected chi connectivity index (χ3v) is 17.4. The van der Waals surface area contributed by atoms with Gasteiger partial charge in [0.1, 0.15) is 5.82 Å². The van der Waals surface area contributed by atoms with E-state index >= 15 is 0 Å². The predicted octanol–water partition coefficient (Wildman–Crippen LogP) is 8.83. The third kappa shape index (κ3) is 4.85. The molecule has 2 bridgehead atoms. The Morgan fingerprint density at radius 3 is 2.39 bits per heavy atom. The second-order valence-electron chi connectivity index (χ2n) is 16.9. The van der Waals surface area contributed by atoms with Gasteiger partial charge in [0.25, 0.3) is 5.56 Å². The fourth-order valence-corrected chi connectivity index (χ4v) is 10.2. The van der Waals surface area contributed by atoms with Crippen molar-refractivity contribution in [1.82, 2.24) is 14.5 Å². The van der Waals surface area contributed by atoms with Gasteiger partial charge in [0.05, 0.1) is 27.0 Å². The molecular weight excluding hydrogens is 582 g/mol. The lowest BCUT2D eigenvalue weighted by molar-refractivity contribution is 0.126. The fraction of sp³-hybridized carbons (Fsp3) is 0.622. The summed E-state index contributed by atoms with van der Waals surface area (Å²) < 4.78 is 8.99. The van der Waals surface area contributed by atoms with E-state index in [1.165, 1.54) is 75.7 Å². The van der Waals surface area contributed by atoms with Crippen LogP contribution in [0, 0.1) is 10.8 Å². The van der Waals surface area contributed by atoms with Crippen LogP contribution in [0.15, 0.2) is 41.2 Å². The van der Waals surface area contributed by atoms with Gasteiger partial charge in [-0.25, -0.2) is 0 Å². The number of hydrogen-bond acceptors (Lipinski definition) is 4. The molecule has 3 heterocycles. The van der Waals surface area contributed by atoms with Gasteiger partial charge in [-0.2, -0.15) is 4.98 Å². The van der Waals surface area contributed by atoms with Gasteiger partial charge >= 0.3 is 0 Å². The van der Waals surface area contributed by atoms with Gasteiger partial charge in [-0.15, -0.1) is 0 Å². The number of piperidine rings is 1. The molecule has 4 aliphatic rings. The smallest absolute Gasteiger partial charge is 0.282 e. The van der Waals surface area contributed by atoms with E-state index in [-0.39, 0.29) is 16.0 Å². The van der Waals surface area contributed by atoms with Crippen LogP contribution in [0.4, 0.5) is 0 Å². The molecule has 2 aromatic carbocycles. The molecule has 5 nitrogen and oxygen atoms in total. The highest BCUT2D eigenvalue weighted by Gasteiger charge is 2.55. The van der Waals surface area contributed by atoms with Gasteiger partial charge in [0, 0.05) is 13.2 Å². The number of fused-ring (bicyclic) bond motifs is 7. The van der Waals surface area contributed by atoms with E-state index in [2.05, 4.69) is 80.4 Å². The van der Waals surface area contributed by atoms with Crippen LogP contribution in [0.5, 0.6) is 0 Å². The Hall–Kier alpha value is -1.99. The molecule has 0 amide bonds. The van der Waals surface area contributed by atoms with Gasteiger partial charge in [-0.05, 0) is 136 Å². The summed E-state index contributed by atoms with van der Waals surface area (Å²) >= 11 is 6.51. The summed E-state index contributed by atoms with van der Waals surface area (Å²) in [6, 6.07) is 12.7. The quantitative estimate of drug-likeness (QED) is 0.255. The maximum Gasteiger partial charge on any atom is 0.282 e. The van der Waals surface area contributed by atoms with Crippen molar-refractivity contribution in [3.05, 3.63) is 68.7 Å². The molecule has 0 spiro atoms. The summed E-state index contributed by atoms with van der Waals surface area (Å²) in [4.78, 5) is 20.4. The number of likely N-dealkylation sites (tertiary alicyclic amines) is 1. The highest BCUT2D eigenvalue weighted by atomic mass is 35.5. The van der Waals surface area contributed by atoms with Crippen LogP contribution in [0.1, 0.15) is 102 Å². The maximum atomic E-state index is 13.0. The Kier molecular flexibility index (Phi) is 7.14. The van der Waals surface area contributed by atoms with E-state index in [9.17, 15) is 4.79 Å². The average Bonchev–Trinajstić information content (AvgIpc) is 3.58. The van der Waals surface area contributed by atoms with Crippen LogP contribution in [-0.4, -0.2) is 49.0 Å². The molecule has 7 heteroatoms. The molecule has 0 unspecified atom stereocenters. The lowest BCUT2D eigenvalue weighted by atomic mass is 9.81. The topological polar surface area (TPSA) is 47.4 Å². The Bertz CT molecular complexity index is 1670. The van der Waals surface area contributed by atoms with Crippen molar-refractivity contribution in [1.29, 1.82) is 0 Å². The van der Waals surface area contributed by atoms with Crippen LogP contribution < -0.4 is 5.56 Å². The van der Waals surface area contributed by atoms with Crippen molar-refractivity contribution in [3.8, 4) is 5.69 Å². The first-order valence-corrected chi connectivity index (χ1v) is 20.2. The van der Waals surface area contributed by atoms with E-state index in [1.807, 2.05) is 12.1 Å². The van der Waals surface area contributed by atoms with E-state index in [0.29, 0.717) is 27.2 Å². The summed E-state index contributed by atoms with van der Waals surface area (Å²) in [5.74, 6) is 1.35. The van der Waals surface area contributed by atoms with Crippen LogP contribution in [0.2, 0.25) is 23.2 Å². The number of benzene rings is 2. The first-order valence-electron chi connectivity index (χ1n) is 16.9. The molecular formula is C37H50ClN3O2Si. The van der Waals surface area contributed by atoms with E-state index in [4.69, 9.17) is 16.0 Å². The van der Waals surface area contributed by atoms with Crippen LogP contribution >= 0.6 is 11.6 Å². The van der Waals surface area contributed by atoms with Gasteiger partial charge in [-0.1, -0.05) is 50.6 Å². The SMILES string of the molecule is CC1(C)c2ccc(C3CCN(CC45CCC(CO[Si](C)(C)C(C)(C)C)(CC4)C5)CC3)cc2-n2c1nc(=O)c1c(Cl)cccc12. The standard InChI is InChI=1S/C37H50ClN3O2Si/c1-34(2,3)44(6,7)43-24-37-17-15-36(22-37,16-18-37)23-40-19-13-25(14-20-40)26-11-12-27-30(21-26)41-29-10-8-9-28(38)31(29)32(42)39-33(41)35(27,4)5/h8-12,21,25H,13-20,22-24H2,1-7H3. The number of rotatable bonds is 6. The molecule has 2 saturated carbocycles. The third-order valence-electron chi connectivity index (χ3n) is 12.6. The molecule has 7 rings (SSSR count). The zero-order valence-corrected chi connectivity index (χ0v) is 29.6. The number of hydrogen-bond donors (Lipinski definition) is 0. The molecule has 1 aromatic heterocycles. The number of aromatic nitrogens is 2. The Morgan fingerprint density at radius 2 is 1.70 bits per heavy atom. The Balaban J connectivity index is 1.05. The molecule has 1 saturated heterocycles. The first-order chi connectivity index (χ1) is 20.6. The fourth-order valence-electron chi connectivity index (χ4n) is 8.84. The largest absolute Gasteiger partial charge is 0.416 e. The molecule has 0 atom stereocenters. The molecule has 0 N–H and O–H groups in total. The van der Waals surface area contributed by atoms with Gasteiger partial charge in [0.2, 0.25) is 0 Å². The van der Waals surface area contributed by atoms with E-state index in [1.54, 1.807) is 6.07 Å². The summed E-state index contributed by atoms with van der Waals surface area (Å²) in [6.45, 7) is 20.8. The lowest BCUT2D eigenvalue weighted by Gasteiger charge is -2.39. The highest BCUT2D eigenvalue weighted by Crippen LogP contribution is 2.62. The van der Waals surface area contributed by atoms with Crippen LogP contribution in [0.25, 0.3) is 16.6 Å². The minimum absolute atomic E-state index is 0.241. The predicted molar refractivity (Wildman–Crippen MR) is 184 cm³/mol. The van der Waals surface area contributed by atoms with Gasteiger partial charge < -0.3 is 9.33 Å². The van der Waals surface area contributed by atoms with Crippen LogP contribution in [-0.2, 0) is 9.84 Å². The molecule has 2 aliphatic carbocycles. The Labute approximate surface area is 269 Å². The summed E-state index contributed by atoms with van der Waals surface area (Å²) in [7, 11) is -1.71. The Morgan fingerprint density at radius 1 is 1.02 bits per heavy atom. The normalized spacial score (nSPS) is 26.8. The van der Waals surface area contributed by atoms with Crippen LogP contribution in [0.3, 0.4) is 0 Å². The van der Waals surface area contributed by atoms with Crippen molar-refractivity contribution < 1.29 is 4.43 Å². The van der Waals surface area contributed by atoms with Crippen molar-refractivity contribution in [2.75, 3.05) is 26.2 Å². The van der Waals surface area contributed by atoms with Crippen molar-refractivity contribution in [3.63, 3.8) is 0 Å². The van der Waals surface area contributed by atoms with Crippen molar-refractivity contribution >= 4 is 30.8 Å². The van der Waals surface area contributed by atoms with Gasteiger partial charge in [0.15, 0.2) is 8.32 Å². The highest BCUT2D eigenvalue weighted by molar-refractivity contribution is 6.74. The number of halogens is 1. The second-order valence-corrected chi connectivity index (χ2v) is 22.1. The average molecular weight is 632 g/mol. The molecule has 2 aliphatic heterocycles. The molecule has 0 radical (unpaired) electrons. The minimum Gasteiger partial charge on any atom is -0.416 e. The van der Waals surface area contributed by atoms with E-state index < -0.39 is 8.32 Å². The minimum atomic E-state index is -1.71. The van der Waals surface area contributed by atoms with E-state index in [0.717, 1.165) is 23.6 Å². The molecule has 44 heavy (non-hydrogen) atoms. The second kappa shape index (κ2) is 10.3. The molecule has 236 valence electrons. The zero-order chi connectivity index (χ0) is 31.3. The summed E-state index contributed by atoms with van der Waals surface area (Å²) in [5.41, 5.74) is 4.97. The summed E-state index contributed by atoms with van der Waals surface area (Å²) in [5, 5.41) is 1.25. The lowest BCUT2D eigenvalue weighted by Crippen LogP contribution is -2.43. The van der Waals surface area contributed by atoms with Gasteiger partial charge in [-0.3, -0.25) is 9.36 Å². The molecule has 3 fully saturated rings. The monoisotopic (exact) mass is 631 g/mol. The first kappa shape index (κ1) is 30.6. The summed E-state index contributed by atoms with van der Waals surface area (Å²) in [6.07, 6.45) is 9.21. The van der Waals surface area contributed by atoms with Crippen molar-refractivity contribution in [2.45, 2.75) is 109 Å². The molecule has 3 aromatic rings. The maximum absolute atomic E-state index is 13.0. The zero-order valence-electron chi connectivity index (χ0n) is 27.9. The van der Waals surface area contributed by atoms with Crippen molar-refractivity contribution in [2.24, 2.45) is 10.8 Å².